The molecule has 0 atom stereocenters. The first-order chi connectivity index (χ1) is 7.22. The summed E-state index contributed by atoms with van der Waals surface area (Å²) in [5.74, 6) is 0.854. The summed E-state index contributed by atoms with van der Waals surface area (Å²) in [5.41, 5.74) is 5.40. The fourth-order valence-electron chi connectivity index (χ4n) is 1.21. The van der Waals surface area contributed by atoms with Crippen LogP contribution in [0.25, 0.3) is 0 Å². The summed E-state index contributed by atoms with van der Waals surface area (Å²) in [6, 6.07) is 7.24. The van der Waals surface area contributed by atoms with Gasteiger partial charge in [0.05, 0.1) is 0 Å². The molecule has 1 aromatic rings. The third kappa shape index (κ3) is 5.03. The van der Waals surface area contributed by atoms with E-state index in [1.54, 1.807) is 12.1 Å². The molecule has 0 N–H and O–H groups in total. The zero-order chi connectivity index (χ0) is 11.1. The van der Waals surface area contributed by atoms with Gasteiger partial charge in [-0.25, -0.2) is 0 Å². The van der Waals surface area contributed by atoms with Crippen LogP contribution in [-0.4, -0.2) is 27.5 Å². The summed E-state index contributed by atoms with van der Waals surface area (Å²) in [4.78, 5) is 10.4. The Labute approximate surface area is 95.9 Å². The van der Waals surface area contributed by atoms with Crippen molar-refractivity contribution in [3.05, 3.63) is 29.8 Å². The standard InChI is InChI=1S/C12H17AsO2/c1-13(2)8-3-9-15-12-6-4-11(10-14)5-7-12/h4-7,10H,3,8-9H2,1-2H3. The van der Waals surface area contributed by atoms with Gasteiger partial charge in [-0.1, -0.05) is 0 Å². The van der Waals surface area contributed by atoms with Crippen molar-refractivity contribution in [2.24, 2.45) is 0 Å². The Morgan fingerprint density at radius 1 is 1.27 bits per heavy atom. The molecule has 0 aliphatic heterocycles. The molecule has 0 heterocycles. The number of ether oxygens (including phenoxy) is 1. The van der Waals surface area contributed by atoms with Crippen LogP contribution < -0.4 is 4.74 Å². The van der Waals surface area contributed by atoms with E-state index in [4.69, 9.17) is 4.74 Å². The van der Waals surface area contributed by atoms with Gasteiger partial charge in [-0.3, -0.25) is 0 Å². The van der Waals surface area contributed by atoms with Crippen LogP contribution in [0.1, 0.15) is 16.8 Å². The van der Waals surface area contributed by atoms with E-state index in [-0.39, 0.29) is 0 Å². The van der Waals surface area contributed by atoms with Crippen molar-refractivity contribution in [2.75, 3.05) is 6.61 Å². The Morgan fingerprint density at radius 3 is 2.47 bits per heavy atom. The predicted molar refractivity (Wildman–Crippen MR) is 64.2 cm³/mol. The Kier molecular flexibility index (Phi) is 5.49. The van der Waals surface area contributed by atoms with Crippen LogP contribution in [0.2, 0.25) is 16.6 Å². The molecule has 1 rings (SSSR count). The van der Waals surface area contributed by atoms with Crippen LogP contribution in [0.15, 0.2) is 24.3 Å². The fraction of sp³-hybridized carbons (Fsp3) is 0.417. The first-order valence-corrected chi connectivity index (χ1v) is 10.1. The van der Waals surface area contributed by atoms with Gasteiger partial charge in [0.25, 0.3) is 0 Å². The van der Waals surface area contributed by atoms with Crippen LogP contribution in [0, 0.1) is 0 Å². The van der Waals surface area contributed by atoms with Crippen molar-refractivity contribution in [3.8, 4) is 5.75 Å². The third-order valence-corrected chi connectivity index (χ3v) is 4.57. The molecule has 0 amide bonds. The van der Waals surface area contributed by atoms with E-state index in [1.807, 2.05) is 12.1 Å². The molecule has 3 heteroatoms. The van der Waals surface area contributed by atoms with Gasteiger partial charge >= 0.3 is 95.7 Å². The first kappa shape index (κ1) is 12.3. The van der Waals surface area contributed by atoms with Crippen LogP contribution in [0.3, 0.4) is 0 Å². The first-order valence-electron chi connectivity index (χ1n) is 5.05. The van der Waals surface area contributed by atoms with Gasteiger partial charge < -0.3 is 0 Å². The van der Waals surface area contributed by atoms with E-state index >= 15 is 0 Å². The number of rotatable bonds is 6. The van der Waals surface area contributed by atoms with Gasteiger partial charge in [0.1, 0.15) is 0 Å². The topological polar surface area (TPSA) is 26.3 Å². The van der Waals surface area contributed by atoms with Gasteiger partial charge in [0.15, 0.2) is 0 Å². The normalized spacial score (nSPS) is 10.3. The van der Waals surface area contributed by atoms with Crippen molar-refractivity contribution in [1.29, 1.82) is 0 Å². The van der Waals surface area contributed by atoms with E-state index in [1.165, 1.54) is 5.21 Å². The number of carbonyl (C=O) groups is 1. The zero-order valence-corrected chi connectivity index (χ0v) is 11.1. The summed E-state index contributed by atoms with van der Waals surface area (Å²) in [6.45, 7) is 0.785. The second kappa shape index (κ2) is 6.68. The van der Waals surface area contributed by atoms with Crippen molar-refractivity contribution < 1.29 is 9.53 Å². The molecule has 0 unspecified atom stereocenters. The second-order valence-corrected chi connectivity index (χ2v) is 9.16. The Balaban J connectivity index is 2.28. The average Bonchev–Trinajstić information content (AvgIpc) is 2.25. The Morgan fingerprint density at radius 2 is 1.93 bits per heavy atom. The van der Waals surface area contributed by atoms with Gasteiger partial charge in [0.2, 0.25) is 0 Å². The molecule has 0 aliphatic rings. The zero-order valence-electron chi connectivity index (χ0n) is 9.27. The maximum absolute atomic E-state index is 10.4. The predicted octanol–water partition coefficient (Wildman–Crippen LogP) is 3.02. The molecule has 2 nitrogen and oxygen atoms in total. The molecule has 0 aromatic heterocycles. The molecular weight excluding hydrogens is 251 g/mol. The molecule has 0 bridgehead atoms. The van der Waals surface area contributed by atoms with Gasteiger partial charge in [-0.15, -0.1) is 0 Å². The number of hydrogen-bond donors (Lipinski definition) is 0. The molecular formula is C12H17AsO2. The SMILES string of the molecule is C[As](C)CCCOc1ccc(C=O)cc1. The minimum absolute atomic E-state index is 0.494. The molecule has 0 saturated heterocycles. The van der Waals surface area contributed by atoms with Crippen molar-refractivity contribution in [1.82, 2.24) is 0 Å². The molecule has 1 aromatic carbocycles. The average molecular weight is 268 g/mol. The minimum atomic E-state index is -0.494. The number of aldehydes is 1. The van der Waals surface area contributed by atoms with Crippen molar-refractivity contribution in [3.63, 3.8) is 0 Å². The molecule has 0 radical (unpaired) electrons. The van der Waals surface area contributed by atoms with E-state index < -0.39 is 14.7 Å². The summed E-state index contributed by atoms with van der Waals surface area (Å²) in [6.07, 6.45) is 1.98. The molecule has 15 heavy (non-hydrogen) atoms. The maximum atomic E-state index is 10.4. The molecule has 82 valence electrons. The van der Waals surface area contributed by atoms with Gasteiger partial charge in [-0.2, -0.15) is 0 Å². The van der Waals surface area contributed by atoms with E-state index in [0.29, 0.717) is 5.56 Å². The van der Waals surface area contributed by atoms with Crippen molar-refractivity contribution >= 4 is 20.9 Å². The second-order valence-electron chi connectivity index (χ2n) is 3.69. The number of carbonyl (C=O) groups excluding carboxylic acids is 1. The van der Waals surface area contributed by atoms with Crippen molar-refractivity contribution in [2.45, 2.75) is 23.1 Å². The van der Waals surface area contributed by atoms with Gasteiger partial charge in [-0.05, 0) is 0 Å². The fourth-order valence-corrected chi connectivity index (χ4v) is 2.81. The van der Waals surface area contributed by atoms with Crippen LogP contribution in [0.5, 0.6) is 5.75 Å². The molecule has 0 aliphatic carbocycles. The molecule has 0 saturated carbocycles. The van der Waals surface area contributed by atoms with Crippen LogP contribution in [0.4, 0.5) is 0 Å². The Bertz CT molecular complexity index is 293. The summed E-state index contributed by atoms with van der Waals surface area (Å²) >= 11 is -0.494. The number of benzene rings is 1. The summed E-state index contributed by atoms with van der Waals surface area (Å²) in [5, 5.41) is 1.33. The van der Waals surface area contributed by atoms with E-state index in [0.717, 1.165) is 25.1 Å². The monoisotopic (exact) mass is 268 g/mol. The number of hydrogen-bond acceptors (Lipinski definition) is 2. The summed E-state index contributed by atoms with van der Waals surface area (Å²) in [7, 11) is 0. The third-order valence-electron chi connectivity index (χ3n) is 2.03. The van der Waals surface area contributed by atoms with Crippen LogP contribution >= 0.6 is 0 Å². The van der Waals surface area contributed by atoms with Gasteiger partial charge in [0, 0.05) is 0 Å². The molecule has 0 spiro atoms. The molecule has 0 fully saturated rings. The van der Waals surface area contributed by atoms with Crippen LogP contribution in [-0.2, 0) is 0 Å². The summed E-state index contributed by atoms with van der Waals surface area (Å²) < 4.78 is 5.56. The van der Waals surface area contributed by atoms with E-state index in [2.05, 4.69) is 11.4 Å². The van der Waals surface area contributed by atoms with E-state index in [9.17, 15) is 4.79 Å². The Hall–Kier alpha value is -0.752. The quantitative estimate of drug-likeness (QED) is 0.450.